The van der Waals surface area contributed by atoms with E-state index in [0.29, 0.717) is 30.3 Å². The highest BCUT2D eigenvalue weighted by Crippen LogP contribution is 2.11. The van der Waals surface area contributed by atoms with Crippen LogP contribution in [0.5, 0.6) is 0 Å². The van der Waals surface area contributed by atoms with E-state index in [1.807, 2.05) is 18.0 Å². The largest absolute Gasteiger partial charge is 0.432 e. The van der Waals surface area contributed by atoms with Crippen LogP contribution in [-0.4, -0.2) is 60.5 Å². The number of nitrogens with two attached hydrogens (primary N) is 1. The molecule has 1 saturated heterocycles. The Bertz CT molecular complexity index is 690. The zero-order valence-corrected chi connectivity index (χ0v) is 14.6. The maximum absolute atomic E-state index is 11.6. The van der Waals surface area contributed by atoms with Crippen LogP contribution in [0.4, 0.5) is 4.79 Å². The van der Waals surface area contributed by atoms with Gasteiger partial charge in [0, 0.05) is 38.0 Å². The highest BCUT2D eigenvalue weighted by atomic mass is 16.7. The van der Waals surface area contributed by atoms with Gasteiger partial charge in [0.05, 0.1) is 0 Å². The highest BCUT2D eigenvalue weighted by molar-refractivity contribution is 6.01. The average molecular weight is 362 g/mol. The minimum absolute atomic E-state index is 0.0613. The van der Waals surface area contributed by atoms with Crippen molar-refractivity contribution in [2.24, 2.45) is 5.73 Å². The Morgan fingerprint density at radius 1 is 1.23 bits per heavy atom. The molecule has 0 aromatic heterocycles. The molecule has 0 saturated carbocycles. The lowest BCUT2D eigenvalue weighted by Gasteiger charge is -2.18. The second kappa shape index (κ2) is 8.95. The minimum atomic E-state index is -0.837. The fourth-order valence-electron chi connectivity index (χ4n) is 2.43. The first-order valence-electron chi connectivity index (χ1n) is 8.25. The summed E-state index contributed by atoms with van der Waals surface area (Å²) in [6.07, 6.45) is 0.00682. The number of likely N-dealkylation sites (N-methyl/N-ethyl adjacent to an activating group) is 1. The summed E-state index contributed by atoms with van der Waals surface area (Å²) >= 11 is 0. The quantitative estimate of drug-likeness (QED) is 0.630. The molecular formula is C17H22N4O5. The molecule has 3 N–H and O–H groups in total. The predicted molar refractivity (Wildman–Crippen MR) is 91.7 cm³/mol. The third-order valence-corrected chi connectivity index (χ3v) is 3.94. The van der Waals surface area contributed by atoms with Gasteiger partial charge in [0.25, 0.3) is 11.8 Å². The number of hydroxylamine groups is 2. The summed E-state index contributed by atoms with van der Waals surface area (Å²) in [5, 5.41) is 3.00. The van der Waals surface area contributed by atoms with Crippen molar-refractivity contribution >= 4 is 23.8 Å². The molecule has 1 aromatic rings. The zero-order chi connectivity index (χ0) is 19.1. The van der Waals surface area contributed by atoms with Gasteiger partial charge in [-0.25, -0.2) is 4.79 Å². The minimum Gasteiger partial charge on any atom is -0.366 e. The molecule has 0 aliphatic carbocycles. The number of carbonyl (C=O) groups excluding carboxylic acids is 4. The normalized spacial score (nSPS) is 14.0. The number of nitrogens with zero attached hydrogens (tertiary/aromatic N) is 2. The van der Waals surface area contributed by atoms with Crippen LogP contribution < -0.4 is 11.1 Å². The van der Waals surface area contributed by atoms with Crippen molar-refractivity contribution in [3.8, 4) is 0 Å². The number of carbonyl (C=O) groups is 4. The lowest BCUT2D eigenvalue weighted by atomic mass is 10.1. The Labute approximate surface area is 151 Å². The zero-order valence-electron chi connectivity index (χ0n) is 14.6. The molecule has 0 spiro atoms. The number of nitrogens with one attached hydrogen (secondary N) is 1. The summed E-state index contributed by atoms with van der Waals surface area (Å²) < 4.78 is 0. The van der Waals surface area contributed by atoms with E-state index in [1.165, 1.54) is 0 Å². The monoisotopic (exact) mass is 362 g/mol. The SMILES string of the molecule is CN(CCNC(=O)ON1C(=O)CCC1=O)CCc1cccc(C(N)=O)c1. The highest BCUT2D eigenvalue weighted by Gasteiger charge is 2.32. The summed E-state index contributed by atoms with van der Waals surface area (Å²) in [7, 11) is 1.89. The number of imide groups is 1. The molecule has 1 aliphatic heterocycles. The molecular weight excluding hydrogens is 340 g/mol. The number of primary amides is 1. The Morgan fingerprint density at radius 3 is 2.58 bits per heavy atom. The van der Waals surface area contributed by atoms with Gasteiger partial charge < -0.3 is 20.8 Å². The van der Waals surface area contributed by atoms with Gasteiger partial charge in [0.1, 0.15) is 0 Å². The van der Waals surface area contributed by atoms with E-state index in [0.717, 1.165) is 12.0 Å². The van der Waals surface area contributed by atoms with Gasteiger partial charge in [-0.05, 0) is 31.2 Å². The van der Waals surface area contributed by atoms with Crippen LogP contribution in [0.15, 0.2) is 24.3 Å². The Morgan fingerprint density at radius 2 is 1.92 bits per heavy atom. The maximum Gasteiger partial charge on any atom is 0.432 e. The van der Waals surface area contributed by atoms with Gasteiger partial charge >= 0.3 is 6.09 Å². The van der Waals surface area contributed by atoms with Crippen LogP contribution >= 0.6 is 0 Å². The summed E-state index contributed by atoms with van der Waals surface area (Å²) in [4.78, 5) is 52.2. The van der Waals surface area contributed by atoms with Gasteiger partial charge in [-0.15, -0.1) is 5.06 Å². The lowest BCUT2D eigenvalue weighted by molar-refractivity contribution is -0.171. The molecule has 0 bridgehead atoms. The van der Waals surface area contributed by atoms with Crippen LogP contribution in [0, 0.1) is 0 Å². The molecule has 9 nitrogen and oxygen atoms in total. The number of benzene rings is 1. The van der Waals surface area contributed by atoms with Crippen molar-refractivity contribution in [3.05, 3.63) is 35.4 Å². The van der Waals surface area contributed by atoms with Crippen LogP contribution in [0.3, 0.4) is 0 Å². The molecule has 0 unspecified atom stereocenters. The molecule has 140 valence electrons. The van der Waals surface area contributed by atoms with Crippen molar-refractivity contribution in [2.45, 2.75) is 19.3 Å². The second-order valence-corrected chi connectivity index (χ2v) is 6.01. The third-order valence-electron chi connectivity index (χ3n) is 3.94. The van der Waals surface area contributed by atoms with Gasteiger partial charge in [-0.1, -0.05) is 12.1 Å². The molecule has 1 aliphatic rings. The number of hydrogen-bond acceptors (Lipinski definition) is 6. The lowest BCUT2D eigenvalue weighted by Crippen LogP contribution is -2.39. The van der Waals surface area contributed by atoms with Crippen LogP contribution in [0.1, 0.15) is 28.8 Å². The third kappa shape index (κ3) is 5.55. The first-order chi connectivity index (χ1) is 12.4. The summed E-state index contributed by atoms with van der Waals surface area (Å²) in [5.74, 6) is -1.49. The van der Waals surface area contributed by atoms with Crippen molar-refractivity contribution in [1.82, 2.24) is 15.3 Å². The first-order valence-corrected chi connectivity index (χ1v) is 8.25. The number of amides is 4. The van der Waals surface area contributed by atoms with Gasteiger partial charge in [0.2, 0.25) is 5.91 Å². The van der Waals surface area contributed by atoms with E-state index in [9.17, 15) is 19.2 Å². The van der Waals surface area contributed by atoms with E-state index >= 15 is 0 Å². The van der Waals surface area contributed by atoms with Crippen molar-refractivity contribution in [3.63, 3.8) is 0 Å². The van der Waals surface area contributed by atoms with E-state index in [4.69, 9.17) is 10.6 Å². The van der Waals surface area contributed by atoms with Crippen LogP contribution in [0.25, 0.3) is 0 Å². The Hall–Kier alpha value is -2.94. The smallest absolute Gasteiger partial charge is 0.366 e. The predicted octanol–water partition coefficient (Wildman–Crippen LogP) is 0.0500. The van der Waals surface area contributed by atoms with Crippen molar-refractivity contribution in [2.75, 3.05) is 26.7 Å². The molecule has 4 amide bonds. The van der Waals surface area contributed by atoms with Crippen LogP contribution in [-0.2, 0) is 20.8 Å². The van der Waals surface area contributed by atoms with Crippen LogP contribution in [0.2, 0.25) is 0 Å². The average Bonchev–Trinajstić information content (AvgIpc) is 2.92. The fourth-order valence-corrected chi connectivity index (χ4v) is 2.43. The Balaban J connectivity index is 1.67. The van der Waals surface area contributed by atoms with Crippen molar-refractivity contribution in [1.29, 1.82) is 0 Å². The summed E-state index contributed by atoms with van der Waals surface area (Å²) in [6, 6.07) is 7.13. The van der Waals surface area contributed by atoms with E-state index in [2.05, 4.69) is 5.32 Å². The Kier molecular flexibility index (Phi) is 6.67. The van der Waals surface area contributed by atoms with Crippen molar-refractivity contribution < 1.29 is 24.0 Å². The molecule has 26 heavy (non-hydrogen) atoms. The summed E-state index contributed by atoms with van der Waals surface area (Å²) in [6.45, 7) is 1.56. The standard InChI is InChI=1S/C17H22N4O5/c1-20(9-7-12-3-2-4-13(11-12)16(18)24)10-8-19-17(25)26-21-14(22)5-6-15(21)23/h2-4,11H,5-10H2,1H3,(H2,18,24)(H,19,25). The van der Waals surface area contributed by atoms with E-state index < -0.39 is 23.8 Å². The van der Waals surface area contributed by atoms with Gasteiger partial charge in [0.15, 0.2) is 0 Å². The molecule has 0 radical (unpaired) electrons. The molecule has 0 atom stereocenters. The number of hydrogen-bond donors (Lipinski definition) is 2. The molecule has 9 heteroatoms. The second-order valence-electron chi connectivity index (χ2n) is 6.01. The molecule has 2 rings (SSSR count). The van der Waals surface area contributed by atoms with Gasteiger partial charge in [-0.3, -0.25) is 14.4 Å². The number of rotatable bonds is 8. The molecule has 1 aromatic carbocycles. The molecule has 1 heterocycles. The summed E-state index contributed by atoms with van der Waals surface area (Å²) in [5.41, 5.74) is 6.73. The fraction of sp³-hybridized carbons (Fsp3) is 0.412. The molecule has 1 fully saturated rings. The first kappa shape index (κ1) is 19.4. The van der Waals surface area contributed by atoms with E-state index in [-0.39, 0.29) is 12.8 Å². The van der Waals surface area contributed by atoms with E-state index in [1.54, 1.807) is 18.2 Å². The topological polar surface area (TPSA) is 122 Å². The van der Waals surface area contributed by atoms with Gasteiger partial charge in [-0.2, -0.15) is 0 Å². The maximum atomic E-state index is 11.6.